The van der Waals surface area contributed by atoms with E-state index >= 15 is 0 Å². The number of hydrogen-bond acceptors (Lipinski definition) is 1. The maximum Gasteiger partial charge on any atom is 0.419 e. The van der Waals surface area contributed by atoms with Gasteiger partial charge in [-0.15, -0.1) is 0 Å². The van der Waals surface area contributed by atoms with Gasteiger partial charge in [-0.25, -0.2) is 4.39 Å². The molecule has 0 aromatic heterocycles. The molecule has 0 amide bonds. The van der Waals surface area contributed by atoms with Gasteiger partial charge in [-0.05, 0) is 44.4 Å². The number of alkyl halides is 3. The molecule has 0 fully saturated rings. The van der Waals surface area contributed by atoms with Crippen LogP contribution in [-0.2, 0) is 12.6 Å². The van der Waals surface area contributed by atoms with Crippen molar-refractivity contribution in [3.8, 4) is 0 Å². The molecule has 2 N–H and O–H groups in total. The van der Waals surface area contributed by atoms with E-state index in [-0.39, 0.29) is 0 Å². The van der Waals surface area contributed by atoms with Gasteiger partial charge in [-0.2, -0.15) is 13.2 Å². The smallest absolute Gasteiger partial charge is 0.326 e. The van der Waals surface area contributed by atoms with Crippen molar-refractivity contribution in [1.82, 2.24) is 0 Å². The van der Waals surface area contributed by atoms with Gasteiger partial charge in [0.25, 0.3) is 0 Å². The first-order valence-corrected chi connectivity index (χ1v) is 5.24. The Morgan fingerprint density at radius 1 is 1.18 bits per heavy atom. The van der Waals surface area contributed by atoms with E-state index in [0.717, 1.165) is 12.1 Å². The van der Waals surface area contributed by atoms with Gasteiger partial charge in [-0.1, -0.05) is 6.07 Å². The average Bonchev–Trinajstić information content (AvgIpc) is 2.13. The van der Waals surface area contributed by atoms with Crippen LogP contribution in [0.3, 0.4) is 0 Å². The number of benzene rings is 1. The molecule has 0 aliphatic carbocycles. The summed E-state index contributed by atoms with van der Waals surface area (Å²) >= 11 is 0. The van der Waals surface area contributed by atoms with Crippen LogP contribution >= 0.6 is 0 Å². The van der Waals surface area contributed by atoms with E-state index in [9.17, 15) is 17.6 Å². The van der Waals surface area contributed by atoms with Crippen molar-refractivity contribution >= 4 is 0 Å². The van der Waals surface area contributed by atoms with Gasteiger partial charge in [0.05, 0.1) is 5.56 Å². The summed E-state index contributed by atoms with van der Waals surface area (Å²) < 4.78 is 50.3. The van der Waals surface area contributed by atoms with Crippen molar-refractivity contribution in [2.75, 3.05) is 0 Å². The van der Waals surface area contributed by atoms with Crippen LogP contribution in [0.1, 0.15) is 31.4 Å². The summed E-state index contributed by atoms with van der Waals surface area (Å²) in [6, 6.07) is 3.05. The summed E-state index contributed by atoms with van der Waals surface area (Å²) in [5.41, 5.74) is 4.51. The predicted octanol–water partition coefficient (Wildman–Crippen LogP) is 3.51. The monoisotopic (exact) mass is 249 g/mol. The van der Waals surface area contributed by atoms with E-state index in [4.69, 9.17) is 5.73 Å². The zero-order chi connectivity index (χ0) is 13.3. The van der Waals surface area contributed by atoms with E-state index < -0.39 is 23.1 Å². The van der Waals surface area contributed by atoms with Crippen molar-refractivity contribution in [2.24, 2.45) is 5.73 Å². The SMILES string of the molecule is CC(C)(N)CCc1ccc(F)c(C(F)(F)F)c1. The Balaban J connectivity index is 2.90. The fourth-order valence-corrected chi connectivity index (χ4v) is 1.41. The maximum atomic E-state index is 13.0. The molecule has 0 unspecified atom stereocenters. The molecule has 96 valence electrons. The Labute approximate surface area is 97.6 Å². The van der Waals surface area contributed by atoms with Crippen molar-refractivity contribution in [2.45, 2.75) is 38.4 Å². The standard InChI is InChI=1S/C12H15F4N/c1-11(2,17)6-5-8-3-4-10(13)9(7-8)12(14,15)16/h3-4,7H,5-6,17H2,1-2H3. The lowest BCUT2D eigenvalue weighted by atomic mass is 9.95. The molecule has 0 saturated carbocycles. The molecule has 0 bridgehead atoms. The third-order valence-corrected chi connectivity index (χ3v) is 2.39. The molecule has 0 aliphatic rings. The number of rotatable bonds is 3. The zero-order valence-electron chi connectivity index (χ0n) is 9.74. The van der Waals surface area contributed by atoms with Crippen LogP contribution < -0.4 is 5.73 Å². The first-order valence-electron chi connectivity index (χ1n) is 5.24. The Morgan fingerprint density at radius 3 is 2.24 bits per heavy atom. The molecule has 0 radical (unpaired) electrons. The molecule has 5 heteroatoms. The molecule has 1 rings (SSSR count). The molecule has 0 saturated heterocycles. The van der Waals surface area contributed by atoms with E-state index in [0.29, 0.717) is 18.4 Å². The lowest BCUT2D eigenvalue weighted by molar-refractivity contribution is -0.140. The highest BCUT2D eigenvalue weighted by atomic mass is 19.4. The first-order chi connectivity index (χ1) is 7.59. The Hall–Kier alpha value is -1.10. The first kappa shape index (κ1) is 14.0. The van der Waals surface area contributed by atoms with Crippen molar-refractivity contribution in [3.63, 3.8) is 0 Å². The summed E-state index contributed by atoms with van der Waals surface area (Å²) in [7, 11) is 0. The van der Waals surface area contributed by atoms with E-state index in [1.807, 2.05) is 0 Å². The number of nitrogens with two attached hydrogens (primary N) is 1. The lowest BCUT2D eigenvalue weighted by Crippen LogP contribution is -2.32. The maximum absolute atomic E-state index is 13.0. The fourth-order valence-electron chi connectivity index (χ4n) is 1.41. The summed E-state index contributed by atoms with van der Waals surface area (Å²) in [4.78, 5) is 0. The predicted molar refractivity (Wildman–Crippen MR) is 58.0 cm³/mol. The van der Waals surface area contributed by atoms with Crippen molar-refractivity contribution in [3.05, 3.63) is 35.1 Å². The third-order valence-electron chi connectivity index (χ3n) is 2.39. The quantitative estimate of drug-likeness (QED) is 0.815. The van der Waals surface area contributed by atoms with Gasteiger partial charge in [0.1, 0.15) is 5.82 Å². The normalized spacial score (nSPS) is 12.9. The fraction of sp³-hybridized carbons (Fsp3) is 0.500. The van der Waals surface area contributed by atoms with Crippen LogP contribution in [0.25, 0.3) is 0 Å². The Bertz CT molecular complexity index is 390. The number of halogens is 4. The van der Waals surface area contributed by atoms with E-state index in [1.165, 1.54) is 6.07 Å². The molecule has 0 atom stereocenters. The van der Waals surface area contributed by atoms with Crippen LogP contribution in [0.2, 0.25) is 0 Å². The Kier molecular flexibility index (Phi) is 3.81. The largest absolute Gasteiger partial charge is 0.419 e. The summed E-state index contributed by atoms with van der Waals surface area (Å²) in [6.45, 7) is 3.59. The zero-order valence-corrected chi connectivity index (χ0v) is 9.74. The minimum absolute atomic E-state index is 0.396. The number of hydrogen-bond donors (Lipinski definition) is 1. The van der Waals surface area contributed by atoms with Gasteiger partial charge in [0, 0.05) is 5.54 Å². The van der Waals surface area contributed by atoms with Crippen LogP contribution in [0.5, 0.6) is 0 Å². The molecular formula is C12H15F4N. The minimum Gasteiger partial charge on any atom is -0.326 e. The van der Waals surface area contributed by atoms with Crippen molar-refractivity contribution < 1.29 is 17.6 Å². The highest BCUT2D eigenvalue weighted by Crippen LogP contribution is 2.32. The molecule has 1 aromatic carbocycles. The summed E-state index contributed by atoms with van der Waals surface area (Å²) in [5, 5.41) is 0. The second kappa shape index (κ2) is 4.64. The molecule has 1 nitrogen and oxygen atoms in total. The lowest BCUT2D eigenvalue weighted by Gasteiger charge is -2.18. The molecule has 0 heterocycles. The van der Waals surface area contributed by atoms with Gasteiger partial charge in [-0.3, -0.25) is 0 Å². The summed E-state index contributed by atoms with van der Waals surface area (Å²) in [5.74, 6) is -1.24. The van der Waals surface area contributed by atoms with Crippen LogP contribution in [-0.4, -0.2) is 5.54 Å². The topological polar surface area (TPSA) is 26.0 Å². The van der Waals surface area contributed by atoms with Gasteiger partial charge >= 0.3 is 6.18 Å². The molecule has 0 spiro atoms. The Morgan fingerprint density at radius 2 is 1.76 bits per heavy atom. The van der Waals surface area contributed by atoms with Crippen LogP contribution in [0.4, 0.5) is 17.6 Å². The minimum atomic E-state index is -4.65. The molecular weight excluding hydrogens is 234 g/mol. The van der Waals surface area contributed by atoms with Crippen molar-refractivity contribution in [1.29, 1.82) is 0 Å². The third kappa shape index (κ3) is 4.34. The highest BCUT2D eigenvalue weighted by Gasteiger charge is 2.34. The number of aryl methyl sites for hydroxylation is 1. The van der Waals surface area contributed by atoms with Gasteiger partial charge in [0.2, 0.25) is 0 Å². The molecule has 1 aromatic rings. The van der Waals surface area contributed by atoms with E-state index in [2.05, 4.69) is 0 Å². The van der Waals surface area contributed by atoms with Crippen LogP contribution in [0.15, 0.2) is 18.2 Å². The second-order valence-electron chi connectivity index (χ2n) is 4.80. The van der Waals surface area contributed by atoms with Gasteiger partial charge in [0.15, 0.2) is 0 Å². The van der Waals surface area contributed by atoms with Gasteiger partial charge < -0.3 is 5.73 Å². The molecule has 0 aliphatic heterocycles. The average molecular weight is 249 g/mol. The molecule has 17 heavy (non-hydrogen) atoms. The highest BCUT2D eigenvalue weighted by molar-refractivity contribution is 5.27. The second-order valence-corrected chi connectivity index (χ2v) is 4.80. The summed E-state index contributed by atoms with van der Waals surface area (Å²) in [6.07, 6.45) is -3.72. The van der Waals surface area contributed by atoms with E-state index in [1.54, 1.807) is 13.8 Å². The van der Waals surface area contributed by atoms with Crippen LogP contribution in [0, 0.1) is 5.82 Å².